The fraction of sp³-hybridized carbons (Fsp3) is 0.565. The van der Waals surface area contributed by atoms with Gasteiger partial charge in [0.05, 0.1) is 6.10 Å². The summed E-state index contributed by atoms with van der Waals surface area (Å²) in [6.45, 7) is 10.6. The van der Waals surface area contributed by atoms with Crippen LogP contribution in [0.3, 0.4) is 0 Å². The van der Waals surface area contributed by atoms with E-state index < -0.39 is 66.0 Å². The van der Waals surface area contributed by atoms with E-state index in [4.69, 9.17) is 4.74 Å². The van der Waals surface area contributed by atoms with E-state index in [2.05, 4.69) is 5.32 Å². The van der Waals surface area contributed by atoms with Crippen LogP contribution in [0.5, 0.6) is 0 Å². The summed E-state index contributed by atoms with van der Waals surface area (Å²) in [5.41, 5.74) is 1.52. The summed E-state index contributed by atoms with van der Waals surface area (Å²) in [6.07, 6.45) is 3.85. The number of aliphatic hydroxyl groups excluding tert-OH is 1. The van der Waals surface area contributed by atoms with Gasteiger partial charge >= 0.3 is 5.97 Å². The lowest BCUT2D eigenvalue weighted by Crippen LogP contribution is -2.62. The summed E-state index contributed by atoms with van der Waals surface area (Å²) >= 11 is 0. The number of esters is 1. The van der Waals surface area contributed by atoms with Crippen LogP contribution in [0.15, 0.2) is 72.9 Å². The molecule has 8 atom stereocenters. The van der Waals surface area contributed by atoms with Crippen LogP contribution in [0.2, 0.25) is 0 Å². The summed E-state index contributed by atoms with van der Waals surface area (Å²) in [4.78, 5) is 89.8. The first kappa shape index (κ1) is 48.3. The molecule has 0 aliphatic carbocycles. The quantitative estimate of drug-likeness (QED) is 0.384. The molecule has 2 aromatic carbocycles. The Hall–Kier alpha value is -5.04. The van der Waals surface area contributed by atoms with Crippen LogP contribution in [0.25, 0.3) is 0 Å². The van der Waals surface area contributed by atoms with Gasteiger partial charge in [0, 0.05) is 59.6 Å². The third kappa shape index (κ3) is 13.8. The van der Waals surface area contributed by atoms with E-state index in [0.29, 0.717) is 25.7 Å². The molecular formula is C46H67N5O8. The van der Waals surface area contributed by atoms with Gasteiger partial charge in [-0.2, -0.15) is 0 Å². The van der Waals surface area contributed by atoms with E-state index in [-0.39, 0.29) is 42.9 Å². The Labute approximate surface area is 351 Å². The van der Waals surface area contributed by atoms with Crippen LogP contribution in [0.4, 0.5) is 0 Å². The van der Waals surface area contributed by atoms with Crippen molar-refractivity contribution in [1.29, 1.82) is 0 Å². The molecule has 0 saturated heterocycles. The van der Waals surface area contributed by atoms with Crippen LogP contribution in [0, 0.1) is 17.8 Å². The highest BCUT2D eigenvalue weighted by molar-refractivity contribution is 5.95. The van der Waals surface area contributed by atoms with Gasteiger partial charge in [-0.15, -0.1) is 0 Å². The molecule has 8 unspecified atom stereocenters. The molecule has 0 radical (unpaired) electrons. The van der Waals surface area contributed by atoms with Crippen LogP contribution >= 0.6 is 0 Å². The molecule has 5 amide bonds. The third-order valence-electron chi connectivity index (χ3n) is 11.3. The number of rotatable bonds is 7. The van der Waals surface area contributed by atoms with Gasteiger partial charge in [-0.25, -0.2) is 4.79 Å². The maximum absolute atomic E-state index is 14.7. The summed E-state index contributed by atoms with van der Waals surface area (Å²) in [5.74, 6) is -3.83. The topological polar surface area (TPSA) is 157 Å². The second kappa shape index (κ2) is 22.9. The summed E-state index contributed by atoms with van der Waals surface area (Å²) in [5, 5.41) is 14.1. The second-order valence-corrected chi connectivity index (χ2v) is 16.6. The van der Waals surface area contributed by atoms with Crippen molar-refractivity contribution in [2.45, 2.75) is 123 Å². The smallest absolute Gasteiger partial charge is 0.329 e. The van der Waals surface area contributed by atoms with Crippen LogP contribution < -0.4 is 5.32 Å². The number of carbonyl (C=O) groups excluding carboxylic acids is 6. The van der Waals surface area contributed by atoms with Crippen molar-refractivity contribution in [1.82, 2.24) is 24.9 Å². The van der Waals surface area contributed by atoms with Crippen molar-refractivity contribution in [3.8, 4) is 0 Å². The molecule has 0 spiro atoms. The first-order chi connectivity index (χ1) is 27.9. The number of ether oxygens (including phenoxy) is 1. The number of aliphatic hydroxyl groups is 1. The van der Waals surface area contributed by atoms with Crippen LogP contribution in [0.1, 0.15) is 84.8 Å². The highest BCUT2D eigenvalue weighted by Crippen LogP contribution is 2.22. The Morgan fingerprint density at radius 3 is 1.83 bits per heavy atom. The number of nitrogens with zero attached hydrogens (tertiary/aromatic N) is 4. The summed E-state index contributed by atoms with van der Waals surface area (Å²) in [7, 11) is 6.04. The normalized spacial score (nSPS) is 26.3. The van der Waals surface area contributed by atoms with Crippen molar-refractivity contribution in [2.24, 2.45) is 17.8 Å². The Kier molecular flexibility index (Phi) is 18.8. The fourth-order valence-corrected chi connectivity index (χ4v) is 7.36. The predicted octanol–water partition coefficient (Wildman–Crippen LogP) is 4.61. The standard InChI is InChI=1S/C46H67N5O8/c1-11-36-26-31(4)27-39(53)48(7)25-19-18-20-32(5)42(54)47-40(30(2)3)44(56)49(8)37(28-34-21-14-12-15-22-34)43(55)51(10)41(33(6)52)45(57)50(9)38(46(58)59-36)29-35-23-16-13-17-24-35/h12-17,19,21-25,30-33,36-38,40-41,52H,11,18,20,26-29H2,1-10H3,(H,47,54). The van der Waals surface area contributed by atoms with Crippen LogP contribution in [-0.2, 0) is 46.3 Å². The third-order valence-corrected chi connectivity index (χ3v) is 11.3. The lowest BCUT2D eigenvalue weighted by Gasteiger charge is -2.39. The molecule has 2 N–H and O–H groups in total. The van der Waals surface area contributed by atoms with Gasteiger partial charge in [-0.05, 0) is 55.6 Å². The van der Waals surface area contributed by atoms with E-state index >= 15 is 0 Å². The molecule has 0 fully saturated rings. The van der Waals surface area contributed by atoms with Crippen molar-refractivity contribution in [3.05, 3.63) is 84.1 Å². The zero-order chi connectivity index (χ0) is 44.0. The second-order valence-electron chi connectivity index (χ2n) is 16.6. The van der Waals surface area contributed by atoms with Gasteiger partial charge in [0.25, 0.3) is 0 Å². The molecular weight excluding hydrogens is 751 g/mol. The summed E-state index contributed by atoms with van der Waals surface area (Å²) in [6, 6.07) is 13.6. The van der Waals surface area contributed by atoms with E-state index in [9.17, 15) is 33.9 Å². The van der Waals surface area contributed by atoms with Gasteiger partial charge in [0.1, 0.15) is 30.3 Å². The van der Waals surface area contributed by atoms with E-state index in [1.807, 2.05) is 94.4 Å². The van der Waals surface area contributed by atoms with E-state index in [1.54, 1.807) is 20.2 Å². The van der Waals surface area contributed by atoms with E-state index in [1.165, 1.54) is 42.8 Å². The monoisotopic (exact) mass is 817 g/mol. The molecule has 2 aromatic rings. The fourth-order valence-electron chi connectivity index (χ4n) is 7.36. The highest BCUT2D eigenvalue weighted by atomic mass is 16.5. The number of nitrogens with one attached hydrogen (secondary N) is 1. The average Bonchev–Trinajstić information content (AvgIpc) is 3.20. The van der Waals surface area contributed by atoms with Crippen LogP contribution in [-0.4, -0.2) is 125 Å². The number of hydrogen-bond acceptors (Lipinski definition) is 8. The lowest BCUT2D eigenvalue weighted by molar-refractivity contribution is -0.163. The van der Waals surface area contributed by atoms with E-state index in [0.717, 1.165) is 16.0 Å². The zero-order valence-electron chi connectivity index (χ0n) is 36.7. The minimum atomic E-state index is -1.45. The first-order valence-corrected chi connectivity index (χ1v) is 20.9. The number of cyclic esters (lactones) is 1. The van der Waals surface area contributed by atoms with Crippen molar-refractivity contribution < 1.29 is 38.6 Å². The minimum Gasteiger partial charge on any atom is -0.461 e. The molecule has 3 rings (SSSR count). The zero-order valence-corrected chi connectivity index (χ0v) is 36.7. The molecule has 1 heterocycles. The molecule has 59 heavy (non-hydrogen) atoms. The number of amides is 5. The largest absolute Gasteiger partial charge is 0.461 e. The first-order valence-electron chi connectivity index (χ1n) is 20.9. The Morgan fingerprint density at radius 2 is 1.31 bits per heavy atom. The lowest BCUT2D eigenvalue weighted by atomic mass is 9.97. The van der Waals surface area contributed by atoms with Gasteiger partial charge in [0.15, 0.2) is 0 Å². The number of carbonyl (C=O) groups is 6. The Morgan fingerprint density at radius 1 is 0.763 bits per heavy atom. The van der Waals surface area contributed by atoms with Gasteiger partial charge in [-0.1, -0.05) is 101 Å². The number of allylic oxidation sites excluding steroid dienone is 1. The van der Waals surface area contributed by atoms with Gasteiger partial charge < -0.3 is 34.8 Å². The molecule has 0 aromatic heterocycles. The molecule has 1 aliphatic rings. The van der Waals surface area contributed by atoms with Crippen molar-refractivity contribution >= 4 is 35.5 Å². The maximum Gasteiger partial charge on any atom is 0.329 e. The minimum absolute atomic E-state index is 0.0844. The molecule has 324 valence electrons. The number of likely N-dealkylation sites (N-methyl/N-ethyl adjacent to an activating group) is 3. The molecule has 1 aliphatic heterocycles. The highest BCUT2D eigenvalue weighted by Gasteiger charge is 2.42. The number of benzene rings is 2. The number of hydrogen-bond donors (Lipinski definition) is 2. The predicted molar refractivity (Wildman–Crippen MR) is 227 cm³/mol. The Balaban J connectivity index is 2.13. The molecule has 0 saturated carbocycles. The average molecular weight is 818 g/mol. The molecule has 13 heteroatoms. The SMILES string of the molecule is CCC1CC(C)CC(=O)N(C)C=CCCC(C)C(=O)NC(C(C)C)C(=O)N(C)C(Cc2ccccc2)C(=O)N(C)C(C(C)O)C(=O)N(C)C(Cc2ccccc2)C(=O)O1. The van der Waals surface area contributed by atoms with Crippen molar-refractivity contribution in [2.75, 3.05) is 28.2 Å². The maximum atomic E-state index is 14.7. The summed E-state index contributed by atoms with van der Waals surface area (Å²) < 4.78 is 6.09. The van der Waals surface area contributed by atoms with Gasteiger partial charge in [0.2, 0.25) is 29.5 Å². The Bertz CT molecular complexity index is 1730. The van der Waals surface area contributed by atoms with Crippen molar-refractivity contribution in [3.63, 3.8) is 0 Å². The molecule has 0 bridgehead atoms. The molecule has 13 nitrogen and oxygen atoms in total. The van der Waals surface area contributed by atoms with Gasteiger partial charge in [-0.3, -0.25) is 24.0 Å².